The molecule has 0 N–H and O–H groups in total. The molecule has 0 unspecified atom stereocenters. The summed E-state index contributed by atoms with van der Waals surface area (Å²) in [5.41, 5.74) is 2.96. The molecule has 6 rings (SSSR count). The first-order chi connectivity index (χ1) is 24.3. The average Bonchev–Trinajstić information content (AvgIpc) is 3.47. The molecule has 1 aromatic heterocycles. The van der Waals surface area contributed by atoms with E-state index in [0.29, 0.717) is 18.4 Å². The number of piperazine rings is 1. The Kier molecular flexibility index (Phi) is 16.6. The number of ether oxygens (including phenoxy) is 1. The van der Waals surface area contributed by atoms with Crippen molar-refractivity contribution in [3.63, 3.8) is 0 Å². The molecule has 0 bridgehead atoms. The number of nitrogens with zero attached hydrogens (tertiary/aromatic N) is 3. The maximum Gasteiger partial charge on any atom is 0.296 e. The summed E-state index contributed by atoms with van der Waals surface area (Å²) in [6.07, 6.45) is 19.9. The summed E-state index contributed by atoms with van der Waals surface area (Å²) < 4.78 is 37.5. The highest BCUT2D eigenvalue weighted by Crippen LogP contribution is 2.33. The molecule has 2 saturated carbocycles. The SMILES string of the molecule is CCN1CCN(C(=O)c2cn(CC3CCCCCCC3)c3c(OC)cccc23)CC1.Cc1ccc(S(=O)(=O)OCC2CCCCCCC2)cc1.Cl. The molecule has 51 heavy (non-hydrogen) atoms. The molecular formula is C41H62ClN3O5S. The zero-order valence-corrected chi connectivity index (χ0v) is 33.0. The largest absolute Gasteiger partial charge is 0.495 e. The predicted molar refractivity (Wildman–Crippen MR) is 210 cm³/mol. The summed E-state index contributed by atoms with van der Waals surface area (Å²) in [7, 11) is -1.87. The van der Waals surface area contributed by atoms with Crippen molar-refractivity contribution in [1.82, 2.24) is 14.4 Å². The number of amides is 1. The molecule has 10 heteroatoms. The number of carbonyl (C=O) groups is 1. The first kappa shape index (κ1) is 41.2. The minimum atomic E-state index is -3.60. The minimum Gasteiger partial charge on any atom is -0.495 e. The summed E-state index contributed by atoms with van der Waals surface area (Å²) in [4.78, 5) is 18.2. The van der Waals surface area contributed by atoms with Crippen LogP contribution in [-0.2, 0) is 20.8 Å². The number of aryl methyl sites for hydroxylation is 1. The van der Waals surface area contributed by atoms with E-state index in [4.69, 9.17) is 8.92 Å². The number of halogens is 1. The van der Waals surface area contributed by atoms with Crippen LogP contribution in [0.1, 0.15) is 113 Å². The molecule has 0 spiro atoms. The van der Waals surface area contributed by atoms with E-state index in [1.54, 1.807) is 31.4 Å². The van der Waals surface area contributed by atoms with E-state index in [1.807, 2.05) is 24.0 Å². The smallest absolute Gasteiger partial charge is 0.296 e. The zero-order chi connectivity index (χ0) is 35.3. The van der Waals surface area contributed by atoms with Crippen molar-refractivity contribution < 1.29 is 22.1 Å². The summed E-state index contributed by atoms with van der Waals surface area (Å²) in [5, 5.41) is 1.03. The van der Waals surface area contributed by atoms with Crippen LogP contribution in [0, 0.1) is 18.8 Å². The van der Waals surface area contributed by atoms with E-state index < -0.39 is 10.1 Å². The van der Waals surface area contributed by atoms with Crippen LogP contribution in [-0.4, -0.2) is 75.1 Å². The van der Waals surface area contributed by atoms with Crippen molar-refractivity contribution in [3.8, 4) is 5.75 Å². The average molecular weight is 744 g/mol. The van der Waals surface area contributed by atoms with Crippen LogP contribution in [0.5, 0.6) is 5.75 Å². The minimum absolute atomic E-state index is 0. The van der Waals surface area contributed by atoms with Gasteiger partial charge in [-0.2, -0.15) is 8.42 Å². The monoisotopic (exact) mass is 743 g/mol. The molecule has 284 valence electrons. The summed E-state index contributed by atoms with van der Waals surface area (Å²) in [5.74, 6) is 2.10. The van der Waals surface area contributed by atoms with Gasteiger partial charge in [0.1, 0.15) is 5.75 Å². The van der Waals surface area contributed by atoms with Crippen LogP contribution in [0.15, 0.2) is 53.6 Å². The zero-order valence-electron chi connectivity index (χ0n) is 31.3. The Labute approximate surface area is 313 Å². The number of carbonyl (C=O) groups excluding carboxylic acids is 1. The van der Waals surface area contributed by atoms with Crippen LogP contribution < -0.4 is 4.74 Å². The molecule has 2 aliphatic carbocycles. The Bertz CT molecular complexity index is 1590. The van der Waals surface area contributed by atoms with Crippen molar-refractivity contribution in [2.45, 2.75) is 115 Å². The number of hydrogen-bond donors (Lipinski definition) is 0. The summed E-state index contributed by atoms with van der Waals surface area (Å²) >= 11 is 0. The van der Waals surface area contributed by atoms with Crippen molar-refractivity contribution in [1.29, 1.82) is 0 Å². The second-order valence-electron chi connectivity index (χ2n) is 14.8. The van der Waals surface area contributed by atoms with Crippen molar-refractivity contribution >= 4 is 39.3 Å². The summed E-state index contributed by atoms with van der Waals surface area (Å²) in [6, 6.07) is 12.9. The standard InChI is InChI=1S/C25H37N3O2.C16H24O3S.ClH/c1-3-26-14-16-27(17-15-26)25(29)22-19-28(18-20-10-7-5-4-6-8-11-20)24-21(22)12-9-13-23(24)30-2;1-14-9-11-16(12-10-14)20(17,18)19-13-15-7-5-3-2-4-6-8-15;/h9,12-13,19-20H,3-8,10-11,14-18H2,1-2H3;9-12,15H,2-8,13H2,1H3;1H. The van der Waals surface area contributed by atoms with Crippen molar-refractivity contribution in [2.24, 2.45) is 11.8 Å². The van der Waals surface area contributed by atoms with Crippen LogP contribution in [0.4, 0.5) is 0 Å². The highest BCUT2D eigenvalue weighted by molar-refractivity contribution is 7.86. The van der Waals surface area contributed by atoms with Gasteiger partial charge in [-0.05, 0) is 69.2 Å². The highest BCUT2D eigenvalue weighted by atomic mass is 35.5. The number of fused-ring (bicyclic) bond motifs is 1. The molecule has 1 saturated heterocycles. The Hall–Kier alpha value is -2.59. The van der Waals surface area contributed by atoms with Crippen LogP contribution in [0.25, 0.3) is 10.9 Å². The third kappa shape index (κ3) is 11.7. The molecule has 2 heterocycles. The lowest BCUT2D eigenvalue weighted by molar-refractivity contribution is 0.0645. The van der Waals surface area contributed by atoms with Gasteiger partial charge in [-0.1, -0.05) is 101 Å². The lowest BCUT2D eigenvalue weighted by Crippen LogP contribution is -2.48. The van der Waals surface area contributed by atoms with Crippen LogP contribution in [0.2, 0.25) is 0 Å². The molecule has 8 nitrogen and oxygen atoms in total. The van der Waals surface area contributed by atoms with E-state index in [2.05, 4.69) is 28.7 Å². The van der Waals surface area contributed by atoms with Crippen LogP contribution in [0.3, 0.4) is 0 Å². The van der Waals surface area contributed by atoms with E-state index in [9.17, 15) is 13.2 Å². The fourth-order valence-corrected chi connectivity index (χ4v) is 8.89. The third-order valence-electron chi connectivity index (χ3n) is 11.1. The number of para-hydroxylation sites is 1. The van der Waals surface area contributed by atoms with Gasteiger partial charge in [-0.3, -0.25) is 8.98 Å². The van der Waals surface area contributed by atoms with E-state index >= 15 is 0 Å². The Morgan fingerprint density at radius 1 is 0.784 bits per heavy atom. The number of methoxy groups -OCH3 is 1. The van der Waals surface area contributed by atoms with Gasteiger partial charge >= 0.3 is 0 Å². The van der Waals surface area contributed by atoms with Gasteiger partial charge in [0, 0.05) is 44.3 Å². The van der Waals surface area contributed by atoms with Gasteiger partial charge in [0.05, 0.1) is 29.7 Å². The summed E-state index contributed by atoms with van der Waals surface area (Å²) in [6.45, 7) is 10.0. The Morgan fingerprint density at radius 2 is 1.35 bits per heavy atom. The predicted octanol–water partition coefficient (Wildman–Crippen LogP) is 9.27. The number of benzene rings is 2. The second-order valence-corrected chi connectivity index (χ2v) is 16.4. The lowest BCUT2D eigenvalue weighted by Gasteiger charge is -2.34. The van der Waals surface area contributed by atoms with E-state index in [0.717, 1.165) is 79.9 Å². The highest BCUT2D eigenvalue weighted by Gasteiger charge is 2.26. The molecule has 2 aromatic carbocycles. The van der Waals surface area contributed by atoms with Crippen LogP contribution >= 0.6 is 12.4 Å². The molecule has 0 radical (unpaired) electrons. The second kappa shape index (κ2) is 20.6. The maximum atomic E-state index is 13.5. The molecule has 1 aliphatic heterocycles. The van der Waals surface area contributed by atoms with Gasteiger partial charge < -0.3 is 19.1 Å². The number of likely N-dealkylation sites (N-methyl/N-ethyl adjacent to an activating group) is 1. The van der Waals surface area contributed by atoms with Gasteiger partial charge in [-0.15, -0.1) is 12.4 Å². The molecule has 3 aromatic rings. The molecule has 3 fully saturated rings. The van der Waals surface area contributed by atoms with Gasteiger partial charge in [0.15, 0.2) is 0 Å². The van der Waals surface area contributed by atoms with Crippen molar-refractivity contribution in [2.75, 3.05) is 46.4 Å². The number of aromatic nitrogens is 1. The quantitative estimate of drug-likeness (QED) is 0.203. The maximum absolute atomic E-state index is 13.5. The van der Waals surface area contributed by atoms with Gasteiger partial charge in [-0.25, -0.2) is 0 Å². The third-order valence-corrected chi connectivity index (χ3v) is 12.4. The van der Waals surface area contributed by atoms with Gasteiger partial charge in [0.25, 0.3) is 16.0 Å². The topological polar surface area (TPSA) is 81.1 Å². The molecule has 3 aliphatic rings. The van der Waals surface area contributed by atoms with Crippen molar-refractivity contribution in [3.05, 3.63) is 59.8 Å². The normalized spacial score (nSPS) is 18.8. The Morgan fingerprint density at radius 3 is 1.92 bits per heavy atom. The first-order valence-corrected chi connectivity index (χ1v) is 20.8. The molecule has 1 amide bonds. The fourth-order valence-electron chi connectivity index (χ4n) is 7.91. The fraction of sp³-hybridized carbons (Fsp3) is 0.634. The van der Waals surface area contributed by atoms with Gasteiger partial charge in [0.2, 0.25) is 0 Å². The number of hydrogen-bond acceptors (Lipinski definition) is 6. The van der Waals surface area contributed by atoms with E-state index in [1.165, 1.54) is 77.0 Å². The van der Waals surface area contributed by atoms with E-state index in [-0.39, 0.29) is 23.2 Å². The number of rotatable bonds is 9. The lowest BCUT2D eigenvalue weighted by atomic mass is 9.91. The first-order valence-electron chi connectivity index (χ1n) is 19.4. The molecule has 0 atom stereocenters. The Balaban J connectivity index is 0.000000243. The molecular weight excluding hydrogens is 682 g/mol.